The van der Waals surface area contributed by atoms with E-state index in [9.17, 15) is 4.79 Å². The number of nitrogens with two attached hydrogens (primary N) is 1. The first kappa shape index (κ1) is 10.2. The number of hydrogen-bond donors (Lipinski definition) is 3. The van der Waals surface area contributed by atoms with Crippen molar-refractivity contribution >= 4 is 17.5 Å². The molecule has 2 rings (SSSR count). The van der Waals surface area contributed by atoms with Gasteiger partial charge in [0.1, 0.15) is 5.69 Å². The largest absolute Gasteiger partial charge is 0.396 e. The van der Waals surface area contributed by atoms with Crippen LogP contribution in [0.2, 0.25) is 0 Å². The molecule has 0 saturated carbocycles. The maximum Gasteiger partial charge on any atom is 0.278 e. The molecule has 7 nitrogen and oxygen atoms in total. The van der Waals surface area contributed by atoms with Gasteiger partial charge in [0.2, 0.25) is 5.95 Å². The predicted octanol–water partition coefficient (Wildman–Crippen LogP) is 0.461. The first-order valence-corrected chi connectivity index (χ1v) is 4.84. The Kier molecular flexibility index (Phi) is 2.59. The minimum atomic E-state index is -0.327. The number of H-pyrrole nitrogens is 1. The van der Waals surface area contributed by atoms with Gasteiger partial charge in [0.15, 0.2) is 0 Å². The summed E-state index contributed by atoms with van der Waals surface area (Å²) in [6, 6.07) is 0. The molecule has 0 aliphatic heterocycles. The molecule has 0 unspecified atom stereocenters. The Labute approximate surface area is 91.7 Å². The number of hydrogen-bond acceptors (Lipinski definition) is 4. The fourth-order valence-corrected chi connectivity index (χ4v) is 1.39. The number of rotatable bonds is 3. The van der Waals surface area contributed by atoms with Crippen molar-refractivity contribution in [1.29, 1.82) is 0 Å². The number of carbonyl (C=O) groups is 1. The molecular formula is C9H12N6O. The molecule has 0 aromatic carbocycles. The summed E-state index contributed by atoms with van der Waals surface area (Å²) in [5.74, 6) is 0.0556. The quantitative estimate of drug-likeness (QED) is 0.699. The number of nitrogens with zero attached hydrogens (tertiary/aromatic N) is 3. The average molecular weight is 220 g/mol. The van der Waals surface area contributed by atoms with E-state index in [1.165, 1.54) is 10.9 Å². The molecular weight excluding hydrogens is 208 g/mol. The van der Waals surface area contributed by atoms with Gasteiger partial charge in [0.25, 0.3) is 5.91 Å². The molecule has 1 amide bonds. The lowest BCUT2D eigenvalue weighted by Crippen LogP contribution is -2.19. The minimum absolute atomic E-state index is 0.327. The lowest BCUT2D eigenvalue weighted by atomic mass is 10.3. The zero-order valence-electron chi connectivity index (χ0n) is 8.77. The molecule has 0 saturated heterocycles. The van der Waals surface area contributed by atoms with E-state index in [0.29, 0.717) is 23.9 Å². The van der Waals surface area contributed by atoms with Crippen LogP contribution in [0.4, 0.5) is 11.6 Å². The molecule has 0 radical (unpaired) electrons. The van der Waals surface area contributed by atoms with E-state index in [1.807, 2.05) is 6.92 Å². The van der Waals surface area contributed by atoms with Crippen LogP contribution in [0.5, 0.6) is 0 Å². The second-order valence-corrected chi connectivity index (χ2v) is 3.16. The van der Waals surface area contributed by atoms with Crippen molar-refractivity contribution in [2.24, 2.45) is 0 Å². The summed E-state index contributed by atoms with van der Waals surface area (Å²) in [4.78, 5) is 18.5. The molecule has 7 heteroatoms. The standard InChI is InChI=1S/C9H12N6O/c1-2-15-7(6(10)5-13-15)8(16)14-9-11-3-4-12-9/h3-5H,2,10H2,1H3,(H2,11,12,14,16). The molecule has 0 fully saturated rings. The smallest absolute Gasteiger partial charge is 0.278 e. The van der Waals surface area contributed by atoms with Crippen LogP contribution in [0.15, 0.2) is 18.6 Å². The van der Waals surface area contributed by atoms with Crippen LogP contribution in [0.3, 0.4) is 0 Å². The number of amides is 1. The molecule has 16 heavy (non-hydrogen) atoms. The number of aryl methyl sites for hydroxylation is 1. The number of nitrogen functional groups attached to an aromatic ring is 1. The lowest BCUT2D eigenvalue weighted by molar-refractivity contribution is 0.101. The molecule has 84 valence electrons. The number of aromatic amines is 1. The van der Waals surface area contributed by atoms with Gasteiger partial charge in [0, 0.05) is 18.9 Å². The van der Waals surface area contributed by atoms with E-state index < -0.39 is 0 Å². The first-order chi connectivity index (χ1) is 7.72. The van der Waals surface area contributed by atoms with Crippen LogP contribution in [-0.2, 0) is 6.54 Å². The summed E-state index contributed by atoms with van der Waals surface area (Å²) in [5, 5.41) is 6.58. The lowest BCUT2D eigenvalue weighted by Gasteiger charge is -2.05. The number of imidazole rings is 1. The number of nitrogens with one attached hydrogen (secondary N) is 2. The van der Waals surface area contributed by atoms with E-state index in [-0.39, 0.29) is 5.91 Å². The van der Waals surface area contributed by atoms with Gasteiger partial charge in [-0.3, -0.25) is 14.8 Å². The van der Waals surface area contributed by atoms with Gasteiger partial charge in [-0.1, -0.05) is 0 Å². The monoisotopic (exact) mass is 220 g/mol. The average Bonchev–Trinajstić information content (AvgIpc) is 2.87. The topological polar surface area (TPSA) is 102 Å². The number of carbonyl (C=O) groups excluding carboxylic acids is 1. The van der Waals surface area contributed by atoms with Gasteiger partial charge >= 0.3 is 0 Å². The number of aromatic nitrogens is 4. The molecule has 2 aromatic rings. The maximum atomic E-state index is 11.9. The van der Waals surface area contributed by atoms with E-state index in [0.717, 1.165) is 0 Å². The Bertz CT molecular complexity index is 486. The summed E-state index contributed by atoms with van der Waals surface area (Å²) in [6.45, 7) is 2.47. The normalized spacial score (nSPS) is 10.3. The van der Waals surface area contributed by atoms with Crippen molar-refractivity contribution in [3.8, 4) is 0 Å². The second kappa shape index (κ2) is 4.05. The highest BCUT2D eigenvalue weighted by Crippen LogP contribution is 2.12. The van der Waals surface area contributed by atoms with Crippen molar-refractivity contribution in [3.05, 3.63) is 24.3 Å². The summed E-state index contributed by atoms with van der Waals surface area (Å²) in [7, 11) is 0. The summed E-state index contributed by atoms with van der Waals surface area (Å²) < 4.78 is 1.54. The predicted molar refractivity (Wildman–Crippen MR) is 58.9 cm³/mol. The highest BCUT2D eigenvalue weighted by Gasteiger charge is 2.16. The van der Waals surface area contributed by atoms with Crippen LogP contribution in [0.1, 0.15) is 17.4 Å². The van der Waals surface area contributed by atoms with E-state index in [2.05, 4.69) is 20.4 Å². The Morgan fingerprint density at radius 1 is 1.69 bits per heavy atom. The van der Waals surface area contributed by atoms with Crippen molar-refractivity contribution < 1.29 is 4.79 Å². The first-order valence-electron chi connectivity index (χ1n) is 4.84. The Hall–Kier alpha value is -2.31. The third kappa shape index (κ3) is 1.74. The molecule has 0 spiro atoms. The molecule has 0 aliphatic carbocycles. The van der Waals surface area contributed by atoms with Crippen LogP contribution in [-0.4, -0.2) is 25.7 Å². The highest BCUT2D eigenvalue weighted by molar-refractivity contribution is 6.05. The van der Waals surface area contributed by atoms with E-state index >= 15 is 0 Å². The third-order valence-corrected chi connectivity index (χ3v) is 2.11. The number of anilines is 2. The summed E-state index contributed by atoms with van der Waals surface area (Å²) in [6.07, 6.45) is 4.63. The van der Waals surface area contributed by atoms with Gasteiger partial charge in [-0.05, 0) is 6.92 Å². The fraction of sp³-hybridized carbons (Fsp3) is 0.222. The van der Waals surface area contributed by atoms with Crippen LogP contribution < -0.4 is 11.1 Å². The molecule has 2 heterocycles. The Morgan fingerprint density at radius 3 is 3.12 bits per heavy atom. The van der Waals surface area contributed by atoms with Crippen molar-refractivity contribution in [1.82, 2.24) is 19.7 Å². The van der Waals surface area contributed by atoms with Crippen LogP contribution in [0, 0.1) is 0 Å². The zero-order valence-corrected chi connectivity index (χ0v) is 8.77. The molecule has 4 N–H and O–H groups in total. The van der Waals surface area contributed by atoms with Crippen molar-refractivity contribution in [2.75, 3.05) is 11.1 Å². The molecule has 2 aromatic heterocycles. The SMILES string of the molecule is CCn1ncc(N)c1C(=O)Nc1ncc[nH]1. The Balaban J connectivity index is 2.23. The zero-order chi connectivity index (χ0) is 11.5. The minimum Gasteiger partial charge on any atom is -0.396 e. The van der Waals surface area contributed by atoms with Gasteiger partial charge in [-0.25, -0.2) is 4.98 Å². The van der Waals surface area contributed by atoms with Gasteiger partial charge in [-0.15, -0.1) is 0 Å². The fourth-order valence-electron chi connectivity index (χ4n) is 1.39. The Morgan fingerprint density at radius 2 is 2.50 bits per heavy atom. The maximum absolute atomic E-state index is 11.9. The molecule has 0 bridgehead atoms. The van der Waals surface area contributed by atoms with Crippen LogP contribution >= 0.6 is 0 Å². The van der Waals surface area contributed by atoms with Crippen molar-refractivity contribution in [3.63, 3.8) is 0 Å². The van der Waals surface area contributed by atoms with Crippen LogP contribution in [0.25, 0.3) is 0 Å². The third-order valence-electron chi connectivity index (χ3n) is 2.11. The van der Waals surface area contributed by atoms with E-state index in [1.54, 1.807) is 12.4 Å². The molecule has 0 aliphatic rings. The van der Waals surface area contributed by atoms with E-state index in [4.69, 9.17) is 5.73 Å². The molecule has 0 atom stereocenters. The second-order valence-electron chi connectivity index (χ2n) is 3.16. The van der Waals surface area contributed by atoms with Crippen molar-refractivity contribution in [2.45, 2.75) is 13.5 Å². The van der Waals surface area contributed by atoms with Gasteiger partial charge in [-0.2, -0.15) is 5.10 Å². The summed E-state index contributed by atoms with van der Waals surface area (Å²) >= 11 is 0. The summed E-state index contributed by atoms with van der Waals surface area (Å²) in [5.41, 5.74) is 6.37. The van der Waals surface area contributed by atoms with Gasteiger partial charge in [0.05, 0.1) is 11.9 Å². The highest BCUT2D eigenvalue weighted by atomic mass is 16.2. The van der Waals surface area contributed by atoms with Gasteiger partial charge < -0.3 is 10.7 Å².